The first-order valence-electron chi connectivity index (χ1n) is 8.45. The molecule has 2 N–H and O–H groups in total. The van der Waals surface area contributed by atoms with Crippen LogP contribution in [0.5, 0.6) is 0 Å². The van der Waals surface area contributed by atoms with E-state index in [9.17, 15) is 4.79 Å². The first-order valence-corrected chi connectivity index (χ1v) is 8.45. The normalized spacial score (nSPS) is 36.9. The van der Waals surface area contributed by atoms with E-state index in [1.165, 1.54) is 32.1 Å². The standard InChI is InChI=1S/C16H24N4O/c1-2-3-13-17-15(20-19-13)16(21)18-14-11-5-9-4-10(7-11)8-12(14)6-9/h9-12,14H,2-8H2,1H3,(H,18,21)(H,17,19,20). The van der Waals surface area contributed by atoms with Crippen LogP contribution in [0.25, 0.3) is 0 Å². The molecule has 0 saturated heterocycles. The summed E-state index contributed by atoms with van der Waals surface area (Å²) in [4.78, 5) is 16.7. The lowest BCUT2D eigenvalue weighted by Crippen LogP contribution is -2.55. The van der Waals surface area contributed by atoms with E-state index in [0.717, 1.165) is 30.5 Å². The number of aromatic amines is 1. The molecule has 4 aliphatic carbocycles. The van der Waals surface area contributed by atoms with Gasteiger partial charge in [-0.25, -0.2) is 4.98 Å². The highest BCUT2D eigenvalue weighted by molar-refractivity contribution is 5.90. The average molecular weight is 288 g/mol. The molecule has 4 aliphatic rings. The number of carbonyl (C=O) groups is 1. The summed E-state index contributed by atoms with van der Waals surface area (Å²) in [5.74, 6) is 4.28. The molecule has 4 fully saturated rings. The van der Waals surface area contributed by atoms with E-state index in [-0.39, 0.29) is 5.91 Å². The largest absolute Gasteiger partial charge is 0.346 e. The maximum atomic E-state index is 12.4. The van der Waals surface area contributed by atoms with E-state index < -0.39 is 0 Å². The molecule has 4 bridgehead atoms. The van der Waals surface area contributed by atoms with E-state index >= 15 is 0 Å². The van der Waals surface area contributed by atoms with E-state index in [0.29, 0.717) is 23.7 Å². The molecule has 1 aromatic heterocycles. The molecule has 0 atom stereocenters. The van der Waals surface area contributed by atoms with Crippen molar-refractivity contribution in [3.63, 3.8) is 0 Å². The van der Waals surface area contributed by atoms with Crippen molar-refractivity contribution in [1.82, 2.24) is 20.5 Å². The van der Waals surface area contributed by atoms with Gasteiger partial charge in [-0.15, -0.1) is 5.10 Å². The van der Waals surface area contributed by atoms with E-state index in [1.54, 1.807) is 0 Å². The quantitative estimate of drug-likeness (QED) is 0.893. The van der Waals surface area contributed by atoms with Gasteiger partial charge >= 0.3 is 0 Å². The van der Waals surface area contributed by atoms with Crippen LogP contribution in [0, 0.1) is 23.7 Å². The van der Waals surface area contributed by atoms with Gasteiger partial charge < -0.3 is 5.32 Å². The third-order valence-corrected chi connectivity index (χ3v) is 5.75. The zero-order valence-corrected chi connectivity index (χ0v) is 12.6. The maximum absolute atomic E-state index is 12.4. The zero-order valence-electron chi connectivity index (χ0n) is 12.6. The molecule has 5 heteroatoms. The Labute approximate surface area is 125 Å². The van der Waals surface area contributed by atoms with Crippen LogP contribution < -0.4 is 5.32 Å². The van der Waals surface area contributed by atoms with Crippen LogP contribution in [-0.2, 0) is 6.42 Å². The lowest BCUT2D eigenvalue weighted by atomic mass is 9.54. The number of hydrogen-bond acceptors (Lipinski definition) is 3. The number of carbonyl (C=O) groups excluding carboxylic acids is 1. The van der Waals surface area contributed by atoms with Gasteiger partial charge in [0.1, 0.15) is 5.82 Å². The molecule has 1 aromatic rings. The fourth-order valence-corrected chi connectivity index (χ4v) is 5.12. The summed E-state index contributed by atoms with van der Waals surface area (Å²) in [7, 11) is 0. The van der Waals surface area contributed by atoms with Gasteiger partial charge in [-0.2, -0.15) is 0 Å². The van der Waals surface area contributed by atoms with Crippen LogP contribution in [0.3, 0.4) is 0 Å². The summed E-state index contributed by atoms with van der Waals surface area (Å²) in [6.07, 6.45) is 8.54. The van der Waals surface area contributed by atoms with Crippen molar-refractivity contribution in [3.8, 4) is 0 Å². The molecule has 0 aromatic carbocycles. The second-order valence-electron chi connectivity index (χ2n) is 7.29. The van der Waals surface area contributed by atoms with Gasteiger partial charge in [0, 0.05) is 12.5 Å². The molecule has 5 rings (SSSR count). The molecule has 0 unspecified atom stereocenters. The van der Waals surface area contributed by atoms with Gasteiger partial charge in [-0.1, -0.05) is 6.92 Å². The van der Waals surface area contributed by atoms with Gasteiger partial charge in [-0.3, -0.25) is 9.89 Å². The third kappa shape index (κ3) is 2.36. The highest BCUT2D eigenvalue weighted by Gasteiger charge is 2.48. The molecule has 4 saturated carbocycles. The first-order chi connectivity index (χ1) is 10.2. The van der Waals surface area contributed by atoms with E-state index in [2.05, 4.69) is 27.4 Å². The Balaban J connectivity index is 1.44. The molecule has 0 spiro atoms. The molecule has 0 aliphatic heterocycles. The first kappa shape index (κ1) is 13.3. The fraction of sp³-hybridized carbons (Fsp3) is 0.812. The van der Waals surface area contributed by atoms with Crippen molar-refractivity contribution in [3.05, 3.63) is 11.6 Å². The predicted octanol–water partition coefficient (Wildman–Crippen LogP) is 2.31. The number of rotatable bonds is 4. The van der Waals surface area contributed by atoms with Crippen LogP contribution in [0.2, 0.25) is 0 Å². The minimum Gasteiger partial charge on any atom is -0.346 e. The number of aryl methyl sites for hydroxylation is 1. The van der Waals surface area contributed by atoms with Crippen LogP contribution >= 0.6 is 0 Å². The zero-order chi connectivity index (χ0) is 14.4. The summed E-state index contributed by atoms with van der Waals surface area (Å²) >= 11 is 0. The maximum Gasteiger partial charge on any atom is 0.291 e. The Kier molecular flexibility index (Phi) is 3.23. The van der Waals surface area contributed by atoms with E-state index in [1.807, 2.05) is 0 Å². The lowest BCUT2D eigenvalue weighted by molar-refractivity contribution is -0.0120. The Hall–Kier alpha value is -1.39. The Morgan fingerprint density at radius 1 is 1.19 bits per heavy atom. The van der Waals surface area contributed by atoms with Crippen molar-refractivity contribution in [1.29, 1.82) is 0 Å². The summed E-state index contributed by atoms with van der Waals surface area (Å²) in [6.45, 7) is 2.09. The van der Waals surface area contributed by atoms with Crippen molar-refractivity contribution in [2.24, 2.45) is 23.7 Å². The highest BCUT2D eigenvalue weighted by atomic mass is 16.2. The van der Waals surface area contributed by atoms with Crippen molar-refractivity contribution >= 4 is 5.91 Å². The molecular formula is C16H24N4O. The molecule has 1 amide bonds. The molecular weight excluding hydrogens is 264 g/mol. The van der Waals surface area contributed by atoms with Crippen molar-refractivity contribution < 1.29 is 4.79 Å². The summed E-state index contributed by atoms with van der Waals surface area (Å²) < 4.78 is 0. The van der Waals surface area contributed by atoms with Gasteiger partial charge in [0.2, 0.25) is 5.82 Å². The highest BCUT2D eigenvalue weighted by Crippen LogP contribution is 2.53. The fourth-order valence-electron chi connectivity index (χ4n) is 5.12. The number of nitrogens with one attached hydrogen (secondary N) is 2. The van der Waals surface area contributed by atoms with Crippen LogP contribution in [-0.4, -0.2) is 27.1 Å². The third-order valence-electron chi connectivity index (χ3n) is 5.75. The van der Waals surface area contributed by atoms with Crippen molar-refractivity contribution in [2.45, 2.75) is 57.9 Å². The minimum absolute atomic E-state index is 0.0916. The van der Waals surface area contributed by atoms with Crippen molar-refractivity contribution in [2.75, 3.05) is 0 Å². The summed E-state index contributed by atoms with van der Waals surface area (Å²) in [5, 5.41) is 10.2. The SMILES string of the molecule is CCCc1nc(C(=O)NC2C3CC4CC(C3)CC2C4)n[nH]1. The van der Waals surface area contributed by atoms with Gasteiger partial charge in [0.25, 0.3) is 5.91 Å². The molecule has 114 valence electrons. The number of aromatic nitrogens is 3. The number of hydrogen-bond donors (Lipinski definition) is 2. The lowest BCUT2D eigenvalue weighted by Gasteiger charge is -2.54. The summed E-state index contributed by atoms with van der Waals surface area (Å²) in [6, 6.07) is 0.360. The van der Waals surface area contributed by atoms with E-state index in [4.69, 9.17) is 0 Å². The second-order valence-corrected chi connectivity index (χ2v) is 7.29. The molecule has 1 heterocycles. The van der Waals surface area contributed by atoms with Gasteiger partial charge in [0.05, 0.1) is 0 Å². The second kappa shape index (κ2) is 5.11. The summed E-state index contributed by atoms with van der Waals surface area (Å²) in [5.41, 5.74) is 0. The minimum atomic E-state index is -0.0916. The van der Waals surface area contributed by atoms with Gasteiger partial charge in [0.15, 0.2) is 0 Å². The molecule has 5 nitrogen and oxygen atoms in total. The molecule has 0 radical (unpaired) electrons. The van der Waals surface area contributed by atoms with Crippen LogP contribution in [0.15, 0.2) is 0 Å². The Morgan fingerprint density at radius 3 is 2.48 bits per heavy atom. The van der Waals surface area contributed by atoms with Crippen LogP contribution in [0.1, 0.15) is 61.9 Å². The Morgan fingerprint density at radius 2 is 1.86 bits per heavy atom. The number of nitrogens with zero attached hydrogens (tertiary/aromatic N) is 2. The van der Waals surface area contributed by atoms with Gasteiger partial charge in [-0.05, 0) is 62.2 Å². The van der Waals surface area contributed by atoms with Crippen LogP contribution in [0.4, 0.5) is 0 Å². The average Bonchev–Trinajstić information content (AvgIpc) is 2.91. The monoisotopic (exact) mass is 288 g/mol. The Bertz CT molecular complexity index is 510. The molecule has 21 heavy (non-hydrogen) atoms. The number of H-pyrrole nitrogens is 1. The predicted molar refractivity (Wildman–Crippen MR) is 78.7 cm³/mol. The smallest absolute Gasteiger partial charge is 0.291 e. The number of amides is 1. The topological polar surface area (TPSA) is 70.7 Å².